The number of nitrogens with one attached hydrogen (secondary N) is 2. The monoisotopic (exact) mass is 353 g/mol. The minimum atomic E-state index is -0.843. The number of benzene rings is 2. The molecule has 0 saturated carbocycles. The Morgan fingerprint density at radius 2 is 2.16 bits per heavy atom. The van der Waals surface area contributed by atoms with Crippen molar-refractivity contribution in [2.24, 2.45) is 0 Å². The van der Waals surface area contributed by atoms with Gasteiger partial charge in [-0.1, -0.05) is 12.1 Å². The van der Waals surface area contributed by atoms with E-state index in [0.717, 1.165) is 15.2 Å². The van der Waals surface area contributed by atoms with E-state index in [4.69, 9.17) is 4.74 Å². The maximum absolute atomic E-state index is 12.3. The van der Waals surface area contributed by atoms with Gasteiger partial charge in [0.05, 0.1) is 27.3 Å². The molecule has 0 saturated heterocycles. The van der Waals surface area contributed by atoms with Crippen LogP contribution in [0.5, 0.6) is 5.75 Å². The van der Waals surface area contributed by atoms with Crippen LogP contribution in [0.15, 0.2) is 42.5 Å². The van der Waals surface area contributed by atoms with Crippen molar-refractivity contribution < 1.29 is 14.3 Å². The number of hydrogen-bond acceptors (Lipinski definition) is 5. The molecule has 2 heterocycles. The number of carbonyl (C=O) groups is 2. The van der Waals surface area contributed by atoms with E-state index < -0.39 is 6.10 Å². The Kier molecular flexibility index (Phi) is 3.85. The number of anilines is 2. The van der Waals surface area contributed by atoms with E-state index in [0.29, 0.717) is 17.1 Å². The lowest BCUT2D eigenvalue weighted by Crippen LogP contribution is -2.39. The number of amides is 2. The molecule has 0 spiro atoms. The van der Waals surface area contributed by atoms with Gasteiger partial charge in [0.15, 0.2) is 6.10 Å². The zero-order valence-corrected chi connectivity index (χ0v) is 14.2. The van der Waals surface area contributed by atoms with Crippen molar-refractivity contribution in [2.45, 2.75) is 19.4 Å². The average molecular weight is 353 g/mol. The summed E-state index contributed by atoms with van der Waals surface area (Å²) in [6.07, 6.45) is -0.899. The van der Waals surface area contributed by atoms with Crippen molar-refractivity contribution in [3.63, 3.8) is 0 Å². The molecular formula is C18H15N3O3S. The van der Waals surface area contributed by atoms with Crippen LogP contribution in [0.25, 0.3) is 10.2 Å². The Hall–Kier alpha value is -2.93. The molecule has 2 N–H and O–H groups in total. The lowest BCUT2D eigenvalue weighted by Gasteiger charge is -2.25. The third-order valence-electron chi connectivity index (χ3n) is 3.86. The van der Waals surface area contributed by atoms with Crippen LogP contribution in [0.3, 0.4) is 0 Å². The first kappa shape index (κ1) is 15.6. The van der Waals surface area contributed by atoms with E-state index in [2.05, 4.69) is 15.6 Å². The molecule has 25 heavy (non-hydrogen) atoms. The number of carbonyl (C=O) groups excluding carboxylic acids is 2. The lowest BCUT2D eigenvalue weighted by molar-refractivity contribution is -0.128. The molecule has 0 aliphatic carbocycles. The molecule has 2 aromatic carbocycles. The van der Waals surface area contributed by atoms with Gasteiger partial charge in [-0.25, -0.2) is 4.98 Å². The molecule has 0 radical (unpaired) electrons. The SMILES string of the molecule is Cc1nc2ccc(NC(=O)CC3Oc4ccccc4NC3=O)cc2s1. The predicted octanol–water partition coefficient (Wildman–Crippen LogP) is 3.33. The van der Waals surface area contributed by atoms with Crippen LogP contribution in [0.1, 0.15) is 11.4 Å². The van der Waals surface area contributed by atoms with Crippen molar-refractivity contribution in [1.82, 2.24) is 4.98 Å². The highest BCUT2D eigenvalue weighted by Gasteiger charge is 2.29. The van der Waals surface area contributed by atoms with Gasteiger partial charge in [0.1, 0.15) is 5.75 Å². The zero-order chi connectivity index (χ0) is 17.4. The molecule has 2 amide bonds. The fraction of sp³-hybridized carbons (Fsp3) is 0.167. The van der Waals surface area contributed by atoms with Crippen LogP contribution >= 0.6 is 11.3 Å². The number of nitrogens with zero attached hydrogens (tertiary/aromatic N) is 1. The number of thiazole rings is 1. The minimum absolute atomic E-state index is 0.0556. The molecule has 1 aliphatic rings. The van der Waals surface area contributed by atoms with Crippen LogP contribution in [0.2, 0.25) is 0 Å². The molecule has 1 aliphatic heterocycles. The summed E-state index contributed by atoms with van der Waals surface area (Å²) in [6, 6.07) is 12.7. The second kappa shape index (κ2) is 6.18. The summed E-state index contributed by atoms with van der Waals surface area (Å²) in [6.45, 7) is 1.94. The van der Waals surface area contributed by atoms with E-state index in [1.54, 1.807) is 29.5 Å². The number of rotatable bonds is 3. The second-order valence-corrected chi connectivity index (χ2v) is 6.99. The fourth-order valence-electron chi connectivity index (χ4n) is 2.73. The summed E-state index contributed by atoms with van der Waals surface area (Å²) in [5.74, 6) is -0.0241. The molecule has 1 unspecified atom stereocenters. The van der Waals surface area contributed by atoms with Crippen LogP contribution in [-0.2, 0) is 9.59 Å². The molecule has 7 heteroatoms. The molecule has 126 valence electrons. The smallest absolute Gasteiger partial charge is 0.266 e. The maximum atomic E-state index is 12.3. The van der Waals surface area contributed by atoms with Crippen molar-refractivity contribution in [2.75, 3.05) is 10.6 Å². The Morgan fingerprint density at radius 1 is 1.32 bits per heavy atom. The van der Waals surface area contributed by atoms with Crippen LogP contribution in [-0.4, -0.2) is 22.9 Å². The summed E-state index contributed by atoms with van der Waals surface area (Å²) in [7, 11) is 0. The number of ether oxygens (including phenoxy) is 1. The first-order chi connectivity index (χ1) is 12.1. The minimum Gasteiger partial charge on any atom is -0.478 e. The molecule has 0 bridgehead atoms. The van der Waals surface area contributed by atoms with Gasteiger partial charge in [0.2, 0.25) is 5.91 Å². The van der Waals surface area contributed by atoms with E-state index >= 15 is 0 Å². The van der Waals surface area contributed by atoms with Gasteiger partial charge < -0.3 is 15.4 Å². The van der Waals surface area contributed by atoms with Crippen molar-refractivity contribution in [1.29, 1.82) is 0 Å². The first-order valence-electron chi connectivity index (χ1n) is 7.82. The van der Waals surface area contributed by atoms with Crippen LogP contribution in [0, 0.1) is 6.92 Å². The van der Waals surface area contributed by atoms with E-state index in [-0.39, 0.29) is 18.2 Å². The number of aromatic nitrogens is 1. The number of aryl methyl sites for hydroxylation is 1. The van der Waals surface area contributed by atoms with Crippen molar-refractivity contribution in [3.05, 3.63) is 47.5 Å². The third-order valence-corrected chi connectivity index (χ3v) is 4.79. The Balaban J connectivity index is 1.45. The molecule has 0 fully saturated rings. The topological polar surface area (TPSA) is 80.3 Å². The Morgan fingerprint density at radius 3 is 3.04 bits per heavy atom. The summed E-state index contributed by atoms with van der Waals surface area (Å²) in [5, 5.41) is 6.55. The highest BCUT2D eigenvalue weighted by molar-refractivity contribution is 7.18. The van der Waals surface area contributed by atoms with E-state index in [1.807, 2.05) is 31.2 Å². The van der Waals surface area contributed by atoms with Gasteiger partial charge in [-0.3, -0.25) is 9.59 Å². The van der Waals surface area contributed by atoms with E-state index in [9.17, 15) is 9.59 Å². The number of para-hydroxylation sites is 2. The fourth-order valence-corrected chi connectivity index (χ4v) is 3.59. The van der Waals surface area contributed by atoms with Gasteiger partial charge in [0, 0.05) is 5.69 Å². The van der Waals surface area contributed by atoms with Gasteiger partial charge in [0.25, 0.3) is 5.91 Å². The van der Waals surface area contributed by atoms with Gasteiger partial charge in [-0.15, -0.1) is 11.3 Å². The molecule has 6 nitrogen and oxygen atoms in total. The van der Waals surface area contributed by atoms with Gasteiger partial charge in [-0.05, 0) is 37.3 Å². The largest absolute Gasteiger partial charge is 0.478 e. The quantitative estimate of drug-likeness (QED) is 0.757. The van der Waals surface area contributed by atoms with Gasteiger partial charge in [-0.2, -0.15) is 0 Å². The summed E-state index contributed by atoms with van der Waals surface area (Å²) in [5.41, 5.74) is 2.21. The molecule has 3 aromatic rings. The van der Waals surface area contributed by atoms with Crippen LogP contribution in [0.4, 0.5) is 11.4 Å². The molecule has 1 atom stereocenters. The summed E-state index contributed by atoms with van der Waals surface area (Å²) >= 11 is 1.57. The highest BCUT2D eigenvalue weighted by Crippen LogP contribution is 2.30. The summed E-state index contributed by atoms with van der Waals surface area (Å²) in [4.78, 5) is 28.8. The summed E-state index contributed by atoms with van der Waals surface area (Å²) < 4.78 is 6.66. The second-order valence-electron chi connectivity index (χ2n) is 5.76. The Bertz CT molecular complexity index is 983. The zero-order valence-electron chi connectivity index (χ0n) is 13.4. The van der Waals surface area contributed by atoms with Gasteiger partial charge >= 0.3 is 0 Å². The van der Waals surface area contributed by atoms with Crippen molar-refractivity contribution >= 4 is 44.7 Å². The third kappa shape index (κ3) is 3.18. The first-order valence-corrected chi connectivity index (χ1v) is 8.64. The van der Waals surface area contributed by atoms with Crippen molar-refractivity contribution in [3.8, 4) is 5.75 Å². The van der Waals surface area contributed by atoms with Crippen LogP contribution < -0.4 is 15.4 Å². The average Bonchev–Trinajstić information content (AvgIpc) is 2.95. The molecule has 1 aromatic heterocycles. The normalized spacial score (nSPS) is 16.0. The number of hydrogen-bond donors (Lipinski definition) is 2. The lowest BCUT2D eigenvalue weighted by atomic mass is 10.1. The molecular weight excluding hydrogens is 338 g/mol. The van der Waals surface area contributed by atoms with E-state index in [1.165, 1.54) is 0 Å². The molecule has 4 rings (SSSR count). The maximum Gasteiger partial charge on any atom is 0.266 e. The predicted molar refractivity (Wildman–Crippen MR) is 97.1 cm³/mol. The number of fused-ring (bicyclic) bond motifs is 2. The Labute approximate surface area is 147 Å². The highest BCUT2D eigenvalue weighted by atomic mass is 32.1. The standard InChI is InChI=1S/C18H15N3O3S/c1-10-19-13-7-6-11(8-16(13)25-10)20-17(22)9-15-18(23)21-12-4-2-3-5-14(12)24-15/h2-8,15H,9H2,1H3,(H,20,22)(H,21,23).